The summed E-state index contributed by atoms with van der Waals surface area (Å²) in [6.45, 7) is 0.240. The first-order valence-electron chi connectivity index (χ1n) is 7.48. The van der Waals surface area contributed by atoms with E-state index >= 15 is 0 Å². The third-order valence-electron chi connectivity index (χ3n) is 3.32. The average molecular weight is 361 g/mol. The fourth-order valence-electron chi connectivity index (χ4n) is 2.09. The molecule has 0 atom stereocenters. The molecule has 0 aliphatic heterocycles. The minimum absolute atomic E-state index is 0.240. The summed E-state index contributed by atoms with van der Waals surface area (Å²) >= 11 is 6.00. The number of rotatable bonds is 6. The average Bonchev–Trinajstić information content (AvgIpc) is 2.60. The Morgan fingerprint density at radius 1 is 1.04 bits per heavy atom. The van der Waals surface area contributed by atoms with Crippen molar-refractivity contribution in [2.75, 3.05) is 12.4 Å². The third-order valence-corrected chi connectivity index (χ3v) is 3.69. The van der Waals surface area contributed by atoms with Crippen molar-refractivity contribution < 1.29 is 19.1 Å². The van der Waals surface area contributed by atoms with Gasteiger partial charge in [0, 0.05) is 17.3 Å². The van der Waals surface area contributed by atoms with Crippen molar-refractivity contribution >= 4 is 35.1 Å². The SMILES string of the molecule is COC(=O)c1cccc(NC(=O)CC(=O)NCc2ccccc2Cl)c1. The lowest BCUT2D eigenvalue weighted by atomic mass is 10.2. The van der Waals surface area contributed by atoms with Gasteiger partial charge in [-0.05, 0) is 29.8 Å². The first-order chi connectivity index (χ1) is 12.0. The summed E-state index contributed by atoms with van der Waals surface area (Å²) in [5, 5.41) is 5.75. The molecular formula is C18H17ClN2O4. The second kappa shape index (κ2) is 8.84. The first kappa shape index (κ1) is 18.5. The summed E-state index contributed by atoms with van der Waals surface area (Å²) in [4.78, 5) is 35.3. The van der Waals surface area contributed by atoms with Gasteiger partial charge in [0.25, 0.3) is 0 Å². The van der Waals surface area contributed by atoms with Crippen LogP contribution in [0.1, 0.15) is 22.3 Å². The van der Waals surface area contributed by atoms with E-state index in [0.29, 0.717) is 16.3 Å². The number of carbonyl (C=O) groups is 3. The lowest BCUT2D eigenvalue weighted by molar-refractivity contribution is -0.126. The number of anilines is 1. The second-order valence-corrected chi connectivity index (χ2v) is 5.57. The monoisotopic (exact) mass is 360 g/mol. The molecular weight excluding hydrogens is 344 g/mol. The lowest BCUT2D eigenvalue weighted by Gasteiger charge is -2.08. The van der Waals surface area contributed by atoms with Crippen molar-refractivity contribution in [2.24, 2.45) is 0 Å². The van der Waals surface area contributed by atoms with Crippen LogP contribution < -0.4 is 10.6 Å². The number of hydrogen-bond donors (Lipinski definition) is 2. The van der Waals surface area contributed by atoms with E-state index in [4.69, 9.17) is 11.6 Å². The van der Waals surface area contributed by atoms with Gasteiger partial charge in [0.05, 0.1) is 12.7 Å². The summed E-state index contributed by atoms with van der Waals surface area (Å²) in [6, 6.07) is 13.4. The largest absolute Gasteiger partial charge is 0.465 e. The molecule has 0 aliphatic carbocycles. The van der Waals surface area contributed by atoms with Gasteiger partial charge in [0.15, 0.2) is 0 Å². The van der Waals surface area contributed by atoms with Gasteiger partial charge in [-0.3, -0.25) is 9.59 Å². The Balaban J connectivity index is 1.86. The van der Waals surface area contributed by atoms with Crippen LogP contribution in [0.15, 0.2) is 48.5 Å². The summed E-state index contributed by atoms with van der Waals surface area (Å²) in [7, 11) is 1.27. The van der Waals surface area contributed by atoms with Crippen LogP contribution in [0, 0.1) is 0 Å². The minimum atomic E-state index is -0.506. The van der Waals surface area contributed by atoms with Crippen LogP contribution in [0.5, 0.6) is 0 Å². The predicted octanol–water partition coefficient (Wildman–Crippen LogP) is 2.77. The van der Waals surface area contributed by atoms with E-state index in [9.17, 15) is 14.4 Å². The van der Waals surface area contributed by atoms with Crippen molar-refractivity contribution in [3.63, 3.8) is 0 Å². The van der Waals surface area contributed by atoms with Gasteiger partial charge in [-0.2, -0.15) is 0 Å². The van der Waals surface area contributed by atoms with Crippen LogP contribution >= 0.6 is 11.6 Å². The van der Waals surface area contributed by atoms with Crippen molar-refractivity contribution in [3.8, 4) is 0 Å². The quantitative estimate of drug-likeness (QED) is 0.612. The molecule has 25 heavy (non-hydrogen) atoms. The molecule has 0 unspecified atom stereocenters. The molecule has 2 aromatic carbocycles. The second-order valence-electron chi connectivity index (χ2n) is 5.17. The summed E-state index contributed by atoms with van der Waals surface area (Å²) in [5.41, 5.74) is 1.49. The number of carbonyl (C=O) groups excluding carboxylic acids is 3. The fourth-order valence-corrected chi connectivity index (χ4v) is 2.29. The maximum absolute atomic E-state index is 11.9. The molecule has 0 fully saturated rings. The number of benzene rings is 2. The first-order valence-corrected chi connectivity index (χ1v) is 7.85. The van der Waals surface area contributed by atoms with E-state index in [1.54, 1.807) is 36.4 Å². The topological polar surface area (TPSA) is 84.5 Å². The molecule has 0 saturated heterocycles. The Labute approximate surface area is 150 Å². The smallest absolute Gasteiger partial charge is 0.337 e. The van der Waals surface area contributed by atoms with Gasteiger partial charge in [-0.1, -0.05) is 35.9 Å². The molecule has 0 heterocycles. The lowest BCUT2D eigenvalue weighted by Crippen LogP contribution is -2.27. The minimum Gasteiger partial charge on any atom is -0.465 e. The number of amides is 2. The van der Waals surface area contributed by atoms with Crippen molar-refractivity contribution in [2.45, 2.75) is 13.0 Å². The van der Waals surface area contributed by atoms with Gasteiger partial charge in [0.1, 0.15) is 6.42 Å². The van der Waals surface area contributed by atoms with Crippen LogP contribution in [-0.4, -0.2) is 24.9 Å². The Bertz CT molecular complexity index is 792. The number of esters is 1. The van der Waals surface area contributed by atoms with Gasteiger partial charge in [-0.15, -0.1) is 0 Å². The molecule has 2 N–H and O–H groups in total. The molecule has 7 heteroatoms. The predicted molar refractivity (Wildman–Crippen MR) is 94.3 cm³/mol. The van der Waals surface area contributed by atoms with Gasteiger partial charge in [0.2, 0.25) is 11.8 Å². The van der Waals surface area contributed by atoms with E-state index in [2.05, 4.69) is 15.4 Å². The van der Waals surface area contributed by atoms with E-state index in [1.165, 1.54) is 13.2 Å². The number of nitrogens with one attached hydrogen (secondary N) is 2. The van der Waals surface area contributed by atoms with E-state index in [0.717, 1.165) is 5.56 Å². The highest BCUT2D eigenvalue weighted by Gasteiger charge is 2.12. The van der Waals surface area contributed by atoms with Crippen LogP contribution in [0.2, 0.25) is 5.02 Å². The number of ether oxygens (including phenoxy) is 1. The maximum atomic E-state index is 11.9. The number of halogens is 1. The molecule has 2 aromatic rings. The van der Waals surface area contributed by atoms with Crippen LogP contribution in [0.3, 0.4) is 0 Å². The molecule has 0 radical (unpaired) electrons. The summed E-state index contributed by atoms with van der Waals surface area (Å²) in [5.74, 6) is -1.42. The van der Waals surface area contributed by atoms with Crippen molar-refractivity contribution in [3.05, 3.63) is 64.7 Å². The molecule has 2 rings (SSSR count). The standard InChI is InChI=1S/C18H17ClN2O4/c1-25-18(24)12-6-4-7-14(9-12)21-17(23)10-16(22)20-11-13-5-2-3-8-15(13)19/h2-9H,10-11H2,1H3,(H,20,22)(H,21,23). The molecule has 0 aliphatic rings. The Hall–Kier alpha value is -2.86. The normalized spacial score (nSPS) is 10.0. The highest BCUT2D eigenvalue weighted by atomic mass is 35.5. The van der Waals surface area contributed by atoms with Crippen LogP contribution in [-0.2, 0) is 20.9 Å². The Morgan fingerprint density at radius 3 is 2.52 bits per heavy atom. The fraction of sp³-hybridized carbons (Fsp3) is 0.167. The molecule has 6 nitrogen and oxygen atoms in total. The zero-order chi connectivity index (χ0) is 18.2. The summed E-state index contributed by atoms with van der Waals surface area (Å²) < 4.78 is 4.62. The van der Waals surface area contributed by atoms with E-state index in [1.807, 2.05) is 6.07 Å². The highest BCUT2D eigenvalue weighted by Crippen LogP contribution is 2.14. The molecule has 0 spiro atoms. The van der Waals surface area contributed by atoms with E-state index in [-0.39, 0.29) is 13.0 Å². The zero-order valence-corrected chi connectivity index (χ0v) is 14.3. The van der Waals surface area contributed by atoms with Gasteiger partial charge < -0.3 is 15.4 Å². The molecule has 0 saturated carbocycles. The number of hydrogen-bond acceptors (Lipinski definition) is 4. The summed E-state index contributed by atoms with van der Waals surface area (Å²) in [6.07, 6.45) is -0.340. The van der Waals surface area contributed by atoms with E-state index < -0.39 is 17.8 Å². The highest BCUT2D eigenvalue weighted by molar-refractivity contribution is 6.31. The van der Waals surface area contributed by atoms with Crippen molar-refractivity contribution in [1.82, 2.24) is 5.32 Å². The Morgan fingerprint density at radius 2 is 1.80 bits per heavy atom. The van der Waals surface area contributed by atoms with Gasteiger partial charge in [-0.25, -0.2) is 4.79 Å². The molecule has 0 aromatic heterocycles. The Kier molecular flexibility index (Phi) is 6.54. The van der Waals surface area contributed by atoms with Crippen molar-refractivity contribution in [1.29, 1.82) is 0 Å². The zero-order valence-electron chi connectivity index (χ0n) is 13.5. The molecule has 130 valence electrons. The van der Waals surface area contributed by atoms with Crippen LogP contribution in [0.25, 0.3) is 0 Å². The number of methoxy groups -OCH3 is 1. The molecule has 0 bridgehead atoms. The third kappa shape index (κ3) is 5.61. The molecule has 2 amide bonds. The maximum Gasteiger partial charge on any atom is 0.337 e. The van der Waals surface area contributed by atoms with Crippen LogP contribution in [0.4, 0.5) is 5.69 Å². The van der Waals surface area contributed by atoms with Gasteiger partial charge >= 0.3 is 5.97 Å².